The van der Waals surface area contributed by atoms with Gasteiger partial charge in [-0.25, -0.2) is 4.79 Å². The number of primary amides is 1. The van der Waals surface area contributed by atoms with E-state index in [0.717, 1.165) is 18.4 Å². The van der Waals surface area contributed by atoms with Crippen molar-refractivity contribution in [2.24, 2.45) is 11.5 Å². The molecule has 0 saturated heterocycles. The van der Waals surface area contributed by atoms with E-state index >= 15 is 0 Å². The van der Waals surface area contributed by atoms with Gasteiger partial charge in [0.05, 0.1) is 18.8 Å². The first-order valence-corrected chi connectivity index (χ1v) is 9.78. The lowest BCUT2D eigenvalue weighted by Crippen LogP contribution is -2.45. The van der Waals surface area contributed by atoms with E-state index in [9.17, 15) is 9.59 Å². The molecule has 0 bridgehead atoms. The maximum absolute atomic E-state index is 12.1. The predicted molar refractivity (Wildman–Crippen MR) is 110 cm³/mol. The highest BCUT2D eigenvalue weighted by Crippen LogP contribution is 2.13. The van der Waals surface area contributed by atoms with Gasteiger partial charge in [-0.3, -0.25) is 4.79 Å². The van der Waals surface area contributed by atoms with Crippen molar-refractivity contribution in [3.8, 4) is 0 Å². The molecular weight excluding hydrogens is 358 g/mol. The molecular formula is C21H35N3O4. The van der Waals surface area contributed by atoms with Gasteiger partial charge in [0.2, 0.25) is 5.91 Å². The van der Waals surface area contributed by atoms with Gasteiger partial charge in [0, 0.05) is 6.42 Å². The van der Waals surface area contributed by atoms with Gasteiger partial charge in [0.25, 0.3) is 0 Å². The Bertz CT molecular complexity index is 611. The first-order chi connectivity index (χ1) is 13.1. The van der Waals surface area contributed by atoms with E-state index < -0.39 is 17.6 Å². The number of rotatable bonds is 11. The number of hydrogen-bond acceptors (Lipinski definition) is 5. The number of benzene rings is 1. The highest BCUT2D eigenvalue weighted by atomic mass is 16.6. The third-order valence-corrected chi connectivity index (χ3v) is 4.18. The Morgan fingerprint density at radius 2 is 1.75 bits per heavy atom. The fraction of sp³-hybridized carbons (Fsp3) is 0.619. The summed E-state index contributed by atoms with van der Waals surface area (Å²) < 4.78 is 11.2. The summed E-state index contributed by atoms with van der Waals surface area (Å²) in [7, 11) is 0. The molecule has 0 spiro atoms. The number of alkyl carbamates (subject to hydrolysis) is 1. The molecule has 0 aliphatic carbocycles. The first-order valence-electron chi connectivity index (χ1n) is 9.78. The fourth-order valence-electron chi connectivity index (χ4n) is 2.63. The Kier molecular flexibility index (Phi) is 9.96. The van der Waals surface area contributed by atoms with Crippen molar-refractivity contribution in [1.29, 1.82) is 0 Å². The van der Waals surface area contributed by atoms with Crippen LogP contribution in [0.25, 0.3) is 0 Å². The summed E-state index contributed by atoms with van der Waals surface area (Å²) in [6.07, 6.45) is 1.61. The molecule has 1 rings (SSSR count). The Hall–Kier alpha value is -2.12. The molecule has 28 heavy (non-hydrogen) atoms. The lowest BCUT2D eigenvalue weighted by atomic mass is 10.1. The van der Waals surface area contributed by atoms with Crippen molar-refractivity contribution in [3.63, 3.8) is 0 Å². The van der Waals surface area contributed by atoms with Crippen molar-refractivity contribution in [2.45, 2.75) is 77.7 Å². The molecule has 0 aromatic heterocycles. The normalized spacial score (nSPS) is 13.6. The molecule has 0 saturated carbocycles. The zero-order valence-electron chi connectivity index (χ0n) is 17.5. The summed E-state index contributed by atoms with van der Waals surface area (Å²) in [5.41, 5.74) is 12.5. The van der Waals surface area contributed by atoms with Gasteiger partial charge in [-0.05, 0) is 64.6 Å². The van der Waals surface area contributed by atoms with E-state index in [0.29, 0.717) is 19.6 Å². The average Bonchev–Trinajstić information content (AvgIpc) is 2.60. The summed E-state index contributed by atoms with van der Waals surface area (Å²) in [6.45, 7) is 8.33. The number of amides is 2. The Morgan fingerprint density at radius 3 is 2.29 bits per heavy atom. The Morgan fingerprint density at radius 1 is 1.14 bits per heavy atom. The molecule has 1 aromatic carbocycles. The lowest BCUT2D eigenvalue weighted by Gasteiger charge is -2.27. The number of aryl methyl sites for hydroxylation is 1. The second kappa shape index (κ2) is 11.7. The van der Waals surface area contributed by atoms with Gasteiger partial charge in [-0.2, -0.15) is 0 Å². The molecule has 0 heterocycles. The molecule has 0 aliphatic rings. The fourth-order valence-corrected chi connectivity index (χ4v) is 2.63. The molecule has 2 amide bonds. The minimum Gasteiger partial charge on any atom is -0.444 e. The van der Waals surface area contributed by atoms with Crippen LogP contribution in [-0.4, -0.2) is 36.3 Å². The van der Waals surface area contributed by atoms with E-state index in [4.69, 9.17) is 20.9 Å². The van der Waals surface area contributed by atoms with Crippen LogP contribution in [0.5, 0.6) is 0 Å². The van der Waals surface area contributed by atoms with E-state index in [1.807, 2.05) is 19.1 Å². The molecule has 7 nitrogen and oxygen atoms in total. The van der Waals surface area contributed by atoms with Crippen LogP contribution < -0.4 is 16.8 Å². The van der Waals surface area contributed by atoms with Gasteiger partial charge in [0.15, 0.2) is 0 Å². The molecule has 0 fully saturated rings. The van der Waals surface area contributed by atoms with Crippen LogP contribution in [0.15, 0.2) is 24.3 Å². The Labute approximate surface area is 168 Å². The summed E-state index contributed by atoms with van der Waals surface area (Å²) in [5, 5.41) is 2.79. The maximum atomic E-state index is 12.1. The van der Waals surface area contributed by atoms with Crippen molar-refractivity contribution in [2.75, 3.05) is 6.54 Å². The second-order valence-electron chi connectivity index (χ2n) is 7.98. The molecule has 1 unspecified atom stereocenters. The standard InChI is InChI=1S/C21H35N3O4/c1-15(27-14-17-9-7-16(8-10-17)6-5-13-22)18(11-12-19(23)25)24-20(26)28-21(2,3)4/h7-10,15,18H,5-6,11-14,22H2,1-4H3,(H2,23,25)(H,24,26)/t15-,18?/m1/s1. The van der Waals surface area contributed by atoms with Gasteiger partial charge in [-0.1, -0.05) is 24.3 Å². The summed E-state index contributed by atoms with van der Waals surface area (Å²) in [5.74, 6) is -0.420. The minimum atomic E-state index is -0.603. The number of carbonyl (C=O) groups excluding carboxylic acids is 2. The SMILES string of the molecule is C[C@@H](OCc1ccc(CCCN)cc1)C(CCC(N)=O)NC(=O)OC(C)(C)C. The van der Waals surface area contributed by atoms with E-state index in [1.165, 1.54) is 5.56 Å². The Balaban J connectivity index is 2.62. The molecule has 2 atom stereocenters. The van der Waals surface area contributed by atoms with Crippen molar-refractivity contribution in [1.82, 2.24) is 5.32 Å². The minimum absolute atomic E-state index is 0.157. The van der Waals surface area contributed by atoms with Crippen molar-refractivity contribution < 1.29 is 19.1 Å². The molecule has 0 radical (unpaired) electrons. The predicted octanol–water partition coefficient (Wildman–Crippen LogP) is 2.64. The molecule has 5 N–H and O–H groups in total. The summed E-state index contributed by atoms with van der Waals surface area (Å²) in [4.78, 5) is 23.3. The van der Waals surface area contributed by atoms with Crippen LogP contribution in [0.3, 0.4) is 0 Å². The number of hydrogen-bond donors (Lipinski definition) is 3. The second-order valence-corrected chi connectivity index (χ2v) is 7.98. The van der Waals surface area contributed by atoms with Crippen LogP contribution >= 0.6 is 0 Å². The van der Waals surface area contributed by atoms with Crippen LogP contribution in [-0.2, 0) is 27.3 Å². The summed E-state index contributed by atoms with van der Waals surface area (Å²) >= 11 is 0. The molecule has 158 valence electrons. The average molecular weight is 394 g/mol. The zero-order valence-corrected chi connectivity index (χ0v) is 17.5. The highest BCUT2D eigenvalue weighted by molar-refractivity contribution is 5.74. The highest BCUT2D eigenvalue weighted by Gasteiger charge is 2.24. The molecule has 7 heteroatoms. The van der Waals surface area contributed by atoms with Crippen LogP contribution in [0.4, 0.5) is 4.79 Å². The van der Waals surface area contributed by atoms with E-state index in [-0.39, 0.29) is 18.6 Å². The third kappa shape index (κ3) is 10.3. The van der Waals surface area contributed by atoms with Crippen molar-refractivity contribution in [3.05, 3.63) is 35.4 Å². The first kappa shape index (κ1) is 23.9. The number of carbonyl (C=O) groups is 2. The van der Waals surface area contributed by atoms with E-state index in [1.54, 1.807) is 20.8 Å². The van der Waals surface area contributed by atoms with Gasteiger partial charge in [-0.15, -0.1) is 0 Å². The van der Waals surface area contributed by atoms with Crippen LogP contribution in [0, 0.1) is 0 Å². The number of nitrogens with two attached hydrogens (primary N) is 2. The van der Waals surface area contributed by atoms with E-state index in [2.05, 4.69) is 17.4 Å². The topological polar surface area (TPSA) is 117 Å². The molecule has 1 aromatic rings. The van der Waals surface area contributed by atoms with Crippen molar-refractivity contribution >= 4 is 12.0 Å². The monoisotopic (exact) mass is 393 g/mol. The molecule has 0 aliphatic heterocycles. The van der Waals surface area contributed by atoms with Gasteiger partial charge >= 0.3 is 6.09 Å². The van der Waals surface area contributed by atoms with Crippen LogP contribution in [0.1, 0.15) is 58.1 Å². The van der Waals surface area contributed by atoms with Crippen LogP contribution in [0.2, 0.25) is 0 Å². The maximum Gasteiger partial charge on any atom is 0.407 e. The smallest absolute Gasteiger partial charge is 0.407 e. The lowest BCUT2D eigenvalue weighted by molar-refractivity contribution is -0.118. The number of ether oxygens (including phenoxy) is 2. The quantitative estimate of drug-likeness (QED) is 0.534. The summed E-state index contributed by atoms with van der Waals surface area (Å²) in [6, 6.07) is 7.81. The van der Waals surface area contributed by atoms with Gasteiger partial charge in [0.1, 0.15) is 5.60 Å². The zero-order chi connectivity index (χ0) is 21.2. The third-order valence-electron chi connectivity index (χ3n) is 4.18. The van der Waals surface area contributed by atoms with Gasteiger partial charge < -0.3 is 26.3 Å². The largest absolute Gasteiger partial charge is 0.444 e. The number of nitrogens with one attached hydrogen (secondary N) is 1.